The van der Waals surface area contributed by atoms with Crippen LogP contribution in [0.2, 0.25) is 0 Å². The molecule has 1 aromatic rings. The number of hydrogen-bond acceptors (Lipinski definition) is 2. The van der Waals surface area contributed by atoms with Crippen molar-refractivity contribution < 1.29 is 9.59 Å². The first-order chi connectivity index (χ1) is 10.7. The van der Waals surface area contributed by atoms with Gasteiger partial charge in [-0.3, -0.25) is 9.59 Å². The fraction of sp³-hybridized carbons (Fsp3) is 0.556. The molecule has 0 saturated heterocycles. The third-order valence-electron chi connectivity index (χ3n) is 5.13. The number of carbonyl (C=O) groups excluding carboxylic acids is 2. The van der Waals surface area contributed by atoms with E-state index in [9.17, 15) is 9.59 Å². The lowest BCUT2D eigenvalue weighted by Crippen LogP contribution is -2.33. The monoisotopic (exact) mass is 298 g/mol. The summed E-state index contributed by atoms with van der Waals surface area (Å²) in [6.07, 6.45) is 7.53. The predicted octanol–water partition coefficient (Wildman–Crippen LogP) is 2.66. The maximum Gasteiger partial charge on any atom is 0.251 e. The molecule has 1 aromatic carbocycles. The van der Waals surface area contributed by atoms with Gasteiger partial charge < -0.3 is 10.2 Å². The Balaban J connectivity index is 1.53. The Kier molecular flexibility index (Phi) is 3.40. The minimum Gasteiger partial charge on any atom is -0.349 e. The SMILES string of the molecule is O=C(NC1CCCC1)c1ccc2c(c1)N(C(=O)C1CC1)CC2. The van der Waals surface area contributed by atoms with Gasteiger partial charge in [0.05, 0.1) is 0 Å². The van der Waals surface area contributed by atoms with Crippen molar-refractivity contribution in [3.05, 3.63) is 29.3 Å². The second kappa shape index (κ2) is 5.41. The molecule has 0 unspecified atom stereocenters. The van der Waals surface area contributed by atoms with Gasteiger partial charge in [0, 0.05) is 29.8 Å². The van der Waals surface area contributed by atoms with E-state index in [4.69, 9.17) is 0 Å². The zero-order chi connectivity index (χ0) is 15.1. The number of fused-ring (bicyclic) bond motifs is 1. The molecule has 0 atom stereocenters. The maximum atomic E-state index is 12.4. The van der Waals surface area contributed by atoms with Crippen molar-refractivity contribution in [2.45, 2.75) is 51.0 Å². The maximum absolute atomic E-state index is 12.4. The lowest BCUT2D eigenvalue weighted by molar-refractivity contribution is -0.119. The smallest absolute Gasteiger partial charge is 0.251 e. The Morgan fingerprint density at radius 3 is 2.59 bits per heavy atom. The number of rotatable bonds is 3. The van der Waals surface area contributed by atoms with Crippen LogP contribution in [0.3, 0.4) is 0 Å². The third-order valence-corrected chi connectivity index (χ3v) is 5.13. The van der Waals surface area contributed by atoms with Gasteiger partial charge in [0.2, 0.25) is 5.91 Å². The highest BCUT2D eigenvalue weighted by Crippen LogP contribution is 2.36. The second-order valence-corrected chi connectivity index (χ2v) is 6.81. The lowest BCUT2D eigenvalue weighted by Gasteiger charge is -2.18. The van der Waals surface area contributed by atoms with Crippen LogP contribution in [0, 0.1) is 5.92 Å². The Hall–Kier alpha value is -1.84. The summed E-state index contributed by atoms with van der Waals surface area (Å²) in [5.74, 6) is 0.467. The summed E-state index contributed by atoms with van der Waals surface area (Å²) in [4.78, 5) is 26.7. The molecule has 4 nitrogen and oxygen atoms in total. The van der Waals surface area contributed by atoms with Crippen LogP contribution in [0.25, 0.3) is 0 Å². The quantitative estimate of drug-likeness (QED) is 0.932. The highest BCUT2D eigenvalue weighted by molar-refractivity contribution is 6.01. The van der Waals surface area contributed by atoms with Crippen LogP contribution in [0.5, 0.6) is 0 Å². The molecule has 2 aliphatic carbocycles. The molecular weight excluding hydrogens is 276 g/mol. The van der Waals surface area contributed by atoms with E-state index in [2.05, 4.69) is 5.32 Å². The Labute approximate surface area is 130 Å². The summed E-state index contributed by atoms with van der Waals surface area (Å²) in [6.45, 7) is 0.762. The van der Waals surface area contributed by atoms with Crippen LogP contribution < -0.4 is 10.2 Å². The van der Waals surface area contributed by atoms with Gasteiger partial charge in [0.25, 0.3) is 5.91 Å². The summed E-state index contributed by atoms with van der Waals surface area (Å²) in [5, 5.41) is 3.12. The Morgan fingerprint density at radius 1 is 1.09 bits per heavy atom. The van der Waals surface area contributed by atoms with Crippen molar-refractivity contribution in [1.82, 2.24) is 5.32 Å². The number of hydrogen-bond donors (Lipinski definition) is 1. The molecule has 3 aliphatic rings. The zero-order valence-corrected chi connectivity index (χ0v) is 12.8. The highest BCUT2D eigenvalue weighted by atomic mass is 16.2. The summed E-state index contributed by atoms with van der Waals surface area (Å²) in [7, 11) is 0. The number of benzene rings is 1. The van der Waals surface area contributed by atoms with Gasteiger partial charge >= 0.3 is 0 Å². The fourth-order valence-corrected chi connectivity index (χ4v) is 3.64. The van der Waals surface area contributed by atoms with Crippen LogP contribution in [-0.4, -0.2) is 24.4 Å². The van der Waals surface area contributed by atoms with Crippen molar-refractivity contribution in [2.24, 2.45) is 5.92 Å². The van der Waals surface area contributed by atoms with Crippen LogP contribution >= 0.6 is 0 Å². The molecule has 2 fully saturated rings. The minimum absolute atomic E-state index is 0.000390. The number of amides is 2. The molecule has 2 amide bonds. The molecule has 1 heterocycles. The number of anilines is 1. The van der Waals surface area contributed by atoms with Gasteiger partial charge in [0.15, 0.2) is 0 Å². The number of carbonyl (C=O) groups is 2. The highest BCUT2D eigenvalue weighted by Gasteiger charge is 2.36. The van der Waals surface area contributed by atoms with E-state index in [0.29, 0.717) is 11.6 Å². The zero-order valence-electron chi connectivity index (χ0n) is 12.8. The topological polar surface area (TPSA) is 49.4 Å². The minimum atomic E-state index is 0.000390. The average molecular weight is 298 g/mol. The van der Waals surface area contributed by atoms with Crippen LogP contribution in [-0.2, 0) is 11.2 Å². The van der Waals surface area contributed by atoms with Gasteiger partial charge in [-0.25, -0.2) is 0 Å². The van der Waals surface area contributed by atoms with Crippen molar-refractivity contribution in [2.75, 3.05) is 11.4 Å². The predicted molar refractivity (Wildman–Crippen MR) is 84.9 cm³/mol. The van der Waals surface area contributed by atoms with Crippen LogP contribution in [0.1, 0.15) is 54.4 Å². The molecular formula is C18H22N2O2. The largest absolute Gasteiger partial charge is 0.349 e. The summed E-state index contributed by atoms with van der Waals surface area (Å²) < 4.78 is 0. The van der Waals surface area contributed by atoms with Crippen LogP contribution in [0.4, 0.5) is 5.69 Å². The van der Waals surface area contributed by atoms with Crippen LogP contribution in [0.15, 0.2) is 18.2 Å². The summed E-state index contributed by atoms with van der Waals surface area (Å²) >= 11 is 0. The normalized spacial score (nSPS) is 21.0. The third kappa shape index (κ3) is 2.51. The summed E-state index contributed by atoms with van der Waals surface area (Å²) in [6, 6.07) is 6.14. The standard InChI is InChI=1S/C18H22N2O2/c21-17(19-15-3-1-2-4-15)14-8-5-12-9-10-20(16(12)11-14)18(22)13-6-7-13/h5,8,11,13,15H,1-4,6-7,9-10H2,(H,19,21). The average Bonchev–Trinajstić information content (AvgIpc) is 3.09. The van der Waals surface area contributed by atoms with E-state index in [1.165, 1.54) is 18.4 Å². The van der Waals surface area contributed by atoms with Gasteiger partial charge in [0.1, 0.15) is 0 Å². The molecule has 0 radical (unpaired) electrons. The first kappa shape index (κ1) is 13.8. The van der Waals surface area contributed by atoms with Gasteiger partial charge in [-0.05, 0) is 49.8 Å². The van der Waals surface area contributed by atoms with E-state index in [-0.39, 0.29) is 17.7 Å². The molecule has 1 aliphatic heterocycles. The molecule has 116 valence electrons. The van der Waals surface area contributed by atoms with E-state index < -0.39 is 0 Å². The first-order valence-corrected chi connectivity index (χ1v) is 8.47. The van der Waals surface area contributed by atoms with Gasteiger partial charge in [-0.2, -0.15) is 0 Å². The van der Waals surface area contributed by atoms with E-state index in [0.717, 1.165) is 44.3 Å². The second-order valence-electron chi connectivity index (χ2n) is 6.81. The first-order valence-electron chi connectivity index (χ1n) is 8.47. The molecule has 0 bridgehead atoms. The molecule has 2 saturated carbocycles. The number of nitrogens with one attached hydrogen (secondary N) is 1. The Bertz CT molecular complexity index is 616. The molecule has 1 N–H and O–H groups in total. The van der Waals surface area contributed by atoms with Crippen molar-refractivity contribution >= 4 is 17.5 Å². The molecule has 0 spiro atoms. The van der Waals surface area contributed by atoms with E-state index in [1.54, 1.807) is 0 Å². The van der Waals surface area contributed by atoms with Crippen molar-refractivity contribution in [3.63, 3.8) is 0 Å². The van der Waals surface area contributed by atoms with Gasteiger partial charge in [-0.15, -0.1) is 0 Å². The molecule has 22 heavy (non-hydrogen) atoms. The lowest BCUT2D eigenvalue weighted by atomic mass is 10.1. The van der Waals surface area contributed by atoms with E-state index >= 15 is 0 Å². The fourth-order valence-electron chi connectivity index (χ4n) is 3.64. The molecule has 4 heteroatoms. The van der Waals surface area contributed by atoms with E-state index in [1.807, 2.05) is 23.1 Å². The summed E-state index contributed by atoms with van der Waals surface area (Å²) in [5.41, 5.74) is 2.82. The number of nitrogens with zero attached hydrogens (tertiary/aromatic N) is 1. The van der Waals surface area contributed by atoms with Gasteiger partial charge in [-0.1, -0.05) is 18.9 Å². The van der Waals surface area contributed by atoms with Crippen molar-refractivity contribution in [3.8, 4) is 0 Å². The van der Waals surface area contributed by atoms with Crippen molar-refractivity contribution in [1.29, 1.82) is 0 Å². The Morgan fingerprint density at radius 2 is 1.86 bits per heavy atom. The molecule has 0 aromatic heterocycles. The molecule has 4 rings (SSSR count).